The van der Waals surface area contributed by atoms with Crippen LogP contribution in [0, 0.1) is 6.92 Å². The second-order valence-electron chi connectivity index (χ2n) is 6.55. The number of amides is 1. The monoisotopic (exact) mass is 408 g/mol. The van der Waals surface area contributed by atoms with Gasteiger partial charge in [-0.3, -0.25) is 4.79 Å². The fourth-order valence-electron chi connectivity index (χ4n) is 3.06. The number of hydrogen-bond donors (Lipinski definition) is 1. The van der Waals surface area contributed by atoms with Crippen LogP contribution < -0.4 is 10.1 Å². The highest BCUT2D eigenvalue weighted by atomic mass is 32.2. The molecule has 1 saturated heterocycles. The van der Waals surface area contributed by atoms with Gasteiger partial charge in [-0.1, -0.05) is 12.5 Å². The van der Waals surface area contributed by atoms with Crippen molar-refractivity contribution in [3.8, 4) is 5.75 Å². The van der Waals surface area contributed by atoms with E-state index in [2.05, 4.69) is 5.32 Å². The van der Waals surface area contributed by atoms with Crippen LogP contribution in [0.4, 0.5) is 0 Å². The maximum absolute atomic E-state index is 12.7. The first-order chi connectivity index (χ1) is 12.9. The third kappa shape index (κ3) is 4.51. The minimum Gasteiger partial charge on any atom is -0.496 e. The third-order valence-electron chi connectivity index (χ3n) is 4.64. The van der Waals surface area contributed by atoms with Gasteiger partial charge in [0.15, 0.2) is 0 Å². The Hall–Kier alpha value is -1.90. The van der Waals surface area contributed by atoms with Crippen molar-refractivity contribution in [3.63, 3.8) is 0 Å². The first kappa shape index (κ1) is 19.9. The van der Waals surface area contributed by atoms with Gasteiger partial charge >= 0.3 is 0 Å². The lowest BCUT2D eigenvalue weighted by Crippen LogP contribution is -2.35. The Balaban J connectivity index is 1.65. The molecule has 1 aromatic heterocycles. The topological polar surface area (TPSA) is 75.7 Å². The highest BCUT2D eigenvalue weighted by Crippen LogP contribution is 2.27. The summed E-state index contributed by atoms with van der Waals surface area (Å²) in [5, 5.41) is 2.84. The van der Waals surface area contributed by atoms with Crippen LogP contribution in [0.3, 0.4) is 0 Å². The average Bonchev–Trinajstić information content (AvgIpc) is 3.17. The van der Waals surface area contributed by atoms with E-state index >= 15 is 0 Å². The molecule has 1 aliphatic rings. The Kier molecular flexibility index (Phi) is 6.18. The molecule has 2 heterocycles. The van der Waals surface area contributed by atoms with Crippen molar-refractivity contribution < 1.29 is 17.9 Å². The van der Waals surface area contributed by atoms with Gasteiger partial charge in [0.2, 0.25) is 0 Å². The number of rotatable bonds is 6. The molecular formula is C19H24N2O4S2. The lowest BCUT2D eigenvalue weighted by Gasteiger charge is -2.25. The Morgan fingerprint density at radius 3 is 2.63 bits per heavy atom. The summed E-state index contributed by atoms with van der Waals surface area (Å²) in [5.74, 6) is 0.441. The van der Waals surface area contributed by atoms with Gasteiger partial charge in [0, 0.05) is 23.5 Å². The zero-order chi connectivity index (χ0) is 19.4. The molecule has 1 amide bonds. The van der Waals surface area contributed by atoms with Gasteiger partial charge in [0.05, 0.1) is 13.7 Å². The maximum Gasteiger partial charge on any atom is 0.252 e. The van der Waals surface area contributed by atoms with Crippen molar-refractivity contribution in [3.05, 3.63) is 46.3 Å². The largest absolute Gasteiger partial charge is 0.496 e. The summed E-state index contributed by atoms with van der Waals surface area (Å²) in [6.45, 7) is 3.37. The molecule has 146 valence electrons. The number of hydrogen-bond acceptors (Lipinski definition) is 5. The van der Waals surface area contributed by atoms with Crippen LogP contribution >= 0.6 is 11.3 Å². The van der Waals surface area contributed by atoms with Crippen LogP contribution in [-0.4, -0.2) is 38.8 Å². The van der Waals surface area contributed by atoms with E-state index in [1.54, 1.807) is 35.7 Å². The van der Waals surface area contributed by atoms with Crippen molar-refractivity contribution >= 4 is 27.3 Å². The van der Waals surface area contributed by atoms with E-state index in [0.29, 0.717) is 28.6 Å². The van der Waals surface area contributed by atoms with E-state index in [4.69, 9.17) is 4.74 Å². The number of piperidine rings is 1. The van der Waals surface area contributed by atoms with Crippen LogP contribution in [0.15, 0.2) is 34.5 Å². The molecule has 0 aliphatic carbocycles. The lowest BCUT2D eigenvalue weighted by atomic mass is 10.1. The minimum absolute atomic E-state index is 0.220. The predicted molar refractivity (Wildman–Crippen MR) is 106 cm³/mol. The van der Waals surface area contributed by atoms with E-state index < -0.39 is 10.0 Å². The highest BCUT2D eigenvalue weighted by Gasteiger charge is 2.27. The molecule has 2 aromatic rings. The fraction of sp³-hybridized carbons (Fsp3) is 0.421. The maximum atomic E-state index is 12.7. The molecule has 8 heteroatoms. The number of carbonyl (C=O) groups excluding carboxylic acids is 1. The Morgan fingerprint density at radius 1 is 1.19 bits per heavy atom. The summed E-state index contributed by atoms with van der Waals surface area (Å²) in [5.41, 5.74) is 1.47. The van der Waals surface area contributed by atoms with Crippen LogP contribution in [0.1, 0.15) is 40.1 Å². The summed E-state index contributed by atoms with van der Waals surface area (Å²) >= 11 is 1.21. The Morgan fingerprint density at radius 2 is 1.93 bits per heavy atom. The van der Waals surface area contributed by atoms with E-state index in [9.17, 15) is 13.2 Å². The molecule has 0 unspecified atom stereocenters. The van der Waals surface area contributed by atoms with Gasteiger partial charge in [-0.15, -0.1) is 11.3 Å². The molecule has 0 saturated carbocycles. The molecule has 0 spiro atoms. The van der Waals surface area contributed by atoms with Crippen molar-refractivity contribution in [2.75, 3.05) is 20.2 Å². The quantitative estimate of drug-likeness (QED) is 0.797. The van der Waals surface area contributed by atoms with Crippen molar-refractivity contribution in [2.45, 2.75) is 36.9 Å². The molecule has 27 heavy (non-hydrogen) atoms. The number of benzene rings is 1. The molecule has 1 fully saturated rings. The molecule has 0 atom stereocenters. The first-order valence-corrected chi connectivity index (χ1v) is 11.2. The normalized spacial score (nSPS) is 15.5. The van der Waals surface area contributed by atoms with Crippen LogP contribution in [0.5, 0.6) is 5.75 Å². The van der Waals surface area contributed by atoms with Crippen molar-refractivity contribution in [1.29, 1.82) is 0 Å². The van der Waals surface area contributed by atoms with Crippen molar-refractivity contribution in [1.82, 2.24) is 9.62 Å². The molecule has 1 aromatic carbocycles. The van der Waals surface area contributed by atoms with E-state index in [0.717, 1.165) is 29.7 Å². The highest BCUT2D eigenvalue weighted by molar-refractivity contribution is 7.91. The number of thiophene rings is 1. The number of nitrogens with zero attached hydrogens (tertiary/aromatic N) is 1. The number of nitrogens with one attached hydrogen (secondary N) is 1. The van der Waals surface area contributed by atoms with Gasteiger partial charge < -0.3 is 10.1 Å². The van der Waals surface area contributed by atoms with Crippen LogP contribution in [-0.2, 0) is 16.6 Å². The second-order valence-corrected chi connectivity index (χ2v) is 9.89. The number of ether oxygens (including phenoxy) is 1. The van der Waals surface area contributed by atoms with Gasteiger partial charge in [0.25, 0.3) is 15.9 Å². The molecular weight excluding hydrogens is 384 g/mol. The standard InChI is InChI=1S/C19H24N2O4S2/c1-14-6-7-15(12-17(14)25-2)19(22)20-13-16-8-9-18(26-16)27(23,24)21-10-4-3-5-11-21/h6-9,12H,3-5,10-11,13H2,1-2H3,(H,20,22). The Labute approximate surface area is 164 Å². The van der Waals surface area contributed by atoms with Crippen LogP contribution in [0.2, 0.25) is 0 Å². The van der Waals surface area contributed by atoms with E-state index in [1.165, 1.54) is 11.3 Å². The van der Waals surface area contributed by atoms with Gasteiger partial charge in [-0.05, 0) is 49.6 Å². The summed E-state index contributed by atoms with van der Waals surface area (Å²) in [6.07, 6.45) is 2.90. The predicted octanol–water partition coefficient (Wildman–Crippen LogP) is 3.17. The fourth-order valence-corrected chi connectivity index (χ4v) is 6.02. The summed E-state index contributed by atoms with van der Waals surface area (Å²) < 4.78 is 32.5. The summed E-state index contributed by atoms with van der Waals surface area (Å²) in [4.78, 5) is 13.2. The third-order valence-corrected chi connectivity index (χ3v) is 8.09. The molecule has 0 bridgehead atoms. The molecule has 1 N–H and O–H groups in total. The lowest BCUT2D eigenvalue weighted by molar-refractivity contribution is 0.0951. The zero-order valence-corrected chi connectivity index (χ0v) is 17.2. The van der Waals surface area contributed by atoms with Gasteiger partial charge in [-0.2, -0.15) is 4.31 Å². The number of methoxy groups -OCH3 is 1. The smallest absolute Gasteiger partial charge is 0.252 e. The van der Waals surface area contributed by atoms with Crippen LogP contribution in [0.25, 0.3) is 0 Å². The molecule has 6 nitrogen and oxygen atoms in total. The number of carbonyl (C=O) groups is 1. The number of aryl methyl sites for hydroxylation is 1. The van der Waals surface area contributed by atoms with Crippen molar-refractivity contribution in [2.24, 2.45) is 0 Å². The minimum atomic E-state index is -3.42. The molecule has 0 radical (unpaired) electrons. The SMILES string of the molecule is COc1cc(C(=O)NCc2ccc(S(=O)(=O)N3CCCCC3)s2)ccc1C. The summed E-state index contributed by atoms with van der Waals surface area (Å²) in [6, 6.07) is 8.67. The summed E-state index contributed by atoms with van der Waals surface area (Å²) in [7, 11) is -1.85. The average molecular weight is 409 g/mol. The first-order valence-electron chi connectivity index (χ1n) is 8.93. The second kappa shape index (κ2) is 8.41. The van der Waals surface area contributed by atoms with E-state index in [1.807, 2.05) is 13.0 Å². The number of sulfonamides is 1. The Bertz CT molecular complexity index is 916. The molecule has 1 aliphatic heterocycles. The van der Waals surface area contributed by atoms with Gasteiger partial charge in [0.1, 0.15) is 9.96 Å². The zero-order valence-electron chi connectivity index (χ0n) is 15.5. The van der Waals surface area contributed by atoms with E-state index in [-0.39, 0.29) is 12.5 Å². The van der Waals surface area contributed by atoms with Gasteiger partial charge in [-0.25, -0.2) is 8.42 Å². The molecule has 3 rings (SSSR count).